The number of aliphatic hydroxyl groups is 1. The van der Waals surface area contributed by atoms with Crippen LogP contribution in [0.4, 0.5) is 8.78 Å². The second kappa shape index (κ2) is 9.14. The van der Waals surface area contributed by atoms with Crippen LogP contribution in [-0.2, 0) is 6.42 Å². The van der Waals surface area contributed by atoms with Crippen molar-refractivity contribution in [3.8, 4) is 0 Å². The minimum Gasteiger partial charge on any atom is -0.394 e. The zero-order valence-electron chi connectivity index (χ0n) is 16.2. The van der Waals surface area contributed by atoms with Gasteiger partial charge in [0.1, 0.15) is 11.6 Å². The predicted molar refractivity (Wildman–Crippen MR) is 120 cm³/mol. The molecule has 1 unspecified atom stereocenters. The summed E-state index contributed by atoms with van der Waals surface area (Å²) in [7, 11) is 0. The van der Waals surface area contributed by atoms with Crippen molar-refractivity contribution in [2.75, 3.05) is 6.61 Å². The van der Waals surface area contributed by atoms with Gasteiger partial charge in [0, 0.05) is 32.0 Å². The average Bonchev–Trinajstić information content (AvgIpc) is 3.17. The minimum atomic E-state index is -0.703. The molecule has 4 rings (SSSR count). The number of halogens is 3. The molecule has 0 radical (unpaired) electrons. The molecule has 0 aliphatic heterocycles. The van der Waals surface area contributed by atoms with Crippen LogP contribution in [0.5, 0.6) is 0 Å². The zero-order valence-corrected chi connectivity index (χ0v) is 17.8. The van der Waals surface area contributed by atoms with Crippen LogP contribution in [-0.4, -0.2) is 17.6 Å². The first kappa shape index (κ1) is 21.4. The Bertz CT molecular complexity index is 1220. The molecule has 0 bridgehead atoms. The summed E-state index contributed by atoms with van der Waals surface area (Å²) in [4.78, 5) is 13.4. The number of carbonyl (C=O) groups excluding carboxylic acids is 1. The summed E-state index contributed by atoms with van der Waals surface area (Å²) in [5.41, 5.74) is 1.76. The van der Waals surface area contributed by atoms with E-state index in [1.165, 1.54) is 29.5 Å². The van der Waals surface area contributed by atoms with Crippen molar-refractivity contribution in [1.29, 1.82) is 0 Å². The molecule has 31 heavy (non-hydrogen) atoms. The van der Waals surface area contributed by atoms with Crippen LogP contribution >= 0.6 is 22.9 Å². The Hall–Kier alpha value is -2.80. The molecule has 3 nitrogen and oxygen atoms in total. The molecule has 0 saturated carbocycles. The molecule has 0 saturated heterocycles. The van der Waals surface area contributed by atoms with Gasteiger partial charge in [0.25, 0.3) is 5.91 Å². The van der Waals surface area contributed by atoms with Crippen molar-refractivity contribution >= 4 is 38.9 Å². The first-order valence-electron chi connectivity index (χ1n) is 9.57. The van der Waals surface area contributed by atoms with Crippen molar-refractivity contribution < 1.29 is 18.7 Å². The van der Waals surface area contributed by atoms with Crippen molar-refractivity contribution in [1.82, 2.24) is 5.32 Å². The molecule has 0 fully saturated rings. The number of amides is 1. The minimum absolute atomic E-state index is 0.298. The van der Waals surface area contributed by atoms with E-state index in [1.807, 2.05) is 6.07 Å². The highest BCUT2D eigenvalue weighted by Crippen LogP contribution is 2.35. The molecule has 1 aromatic heterocycles. The highest BCUT2D eigenvalue weighted by atomic mass is 35.5. The van der Waals surface area contributed by atoms with Crippen LogP contribution in [0.1, 0.15) is 32.4 Å². The predicted octanol–water partition coefficient (Wildman–Crippen LogP) is 5.89. The fourth-order valence-corrected chi connectivity index (χ4v) is 5.01. The number of rotatable bonds is 6. The lowest BCUT2D eigenvalue weighted by Crippen LogP contribution is -2.30. The number of fused-ring (bicyclic) bond motifs is 1. The Morgan fingerprint density at radius 3 is 2.55 bits per heavy atom. The molecule has 0 aliphatic carbocycles. The number of thiophene rings is 1. The van der Waals surface area contributed by atoms with Gasteiger partial charge in [0.2, 0.25) is 0 Å². The van der Waals surface area contributed by atoms with Crippen molar-refractivity contribution in [3.05, 3.63) is 105 Å². The lowest BCUT2D eigenvalue weighted by atomic mass is 10.0. The van der Waals surface area contributed by atoms with Gasteiger partial charge in [-0.1, -0.05) is 35.9 Å². The third-order valence-corrected chi connectivity index (χ3v) is 6.31. The van der Waals surface area contributed by atoms with Gasteiger partial charge in [-0.2, -0.15) is 0 Å². The van der Waals surface area contributed by atoms with E-state index in [0.717, 1.165) is 4.88 Å². The van der Waals surface area contributed by atoms with E-state index in [4.69, 9.17) is 11.6 Å². The lowest BCUT2D eigenvalue weighted by molar-refractivity contribution is 0.0916. The van der Waals surface area contributed by atoms with E-state index in [0.29, 0.717) is 38.2 Å². The summed E-state index contributed by atoms with van der Waals surface area (Å²) in [5.74, 6) is -1.16. The maximum absolute atomic E-state index is 14.5. The second-order valence-corrected chi connectivity index (χ2v) is 8.69. The van der Waals surface area contributed by atoms with Gasteiger partial charge in [0.05, 0.1) is 12.6 Å². The average molecular weight is 458 g/mol. The second-order valence-electron chi connectivity index (χ2n) is 7.12. The molecule has 0 spiro atoms. The van der Waals surface area contributed by atoms with Crippen LogP contribution < -0.4 is 5.32 Å². The molecule has 1 atom stereocenters. The lowest BCUT2D eigenvalue weighted by Gasteiger charge is -2.18. The maximum Gasteiger partial charge on any atom is 0.251 e. The number of aliphatic hydroxyl groups excluding tert-OH is 1. The number of hydrogen-bond acceptors (Lipinski definition) is 3. The number of benzene rings is 3. The Balaban J connectivity index is 1.67. The zero-order chi connectivity index (χ0) is 22.0. The number of hydrogen-bond donors (Lipinski definition) is 2. The molecular weight excluding hydrogens is 440 g/mol. The summed E-state index contributed by atoms with van der Waals surface area (Å²) in [6.45, 7) is -0.341. The fourth-order valence-electron chi connectivity index (χ4n) is 3.49. The maximum atomic E-state index is 14.5. The first-order chi connectivity index (χ1) is 14.9. The van der Waals surface area contributed by atoms with E-state index in [2.05, 4.69) is 5.32 Å². The monoisotopic (exact) mass is 457 g/mol. The van der Waals surface area contributed by atoms with Crippen molar-refractivity contribution in [2.24, 2.45) is 0 Å². The van der Waals surface area contributed by atoms with E-state index in [-0.39, 0.29) is 12.5 Å². The summed E-state index contributed by atoms with van der Waals surface area (Å²) < 4.78 is 28.8. The Labute approximate surface area is 186 Å². The summed E-state index contributed by atoms with van der Waals surface area (Å²) in [6, 6.07) is 16.9. The van der Waals surface area contributed by atoms with Gasteiger partial charge in [-0.05, 0) is 53.6 Å². The van der Waals surface area contributed by atoms with Crippen LogP contribution in [0.15, 0.2) is 66.7 Å². The van der Waals surface area contributed by atoms with Crippen molar-refractivity contribution in [2.45, 2.75) is 12.5 Å². The molecule has 3 aromatic carbocycles. The SMILES string of the molecule is O=C(NC(CO)c1ccc(F)c2cc(Cc3cc(F)cc(Cl)c3)sc12)c1ccccc1. The Kier molecular flexibility index (Phi) is 6.32. The molecule has 7 heteroatoms. The normalized spacial score (nSPS) is 12.1. The quantitative estimate of drug-likeness (QED) is 0.379. The van der Waals surface area contributed by atoms with Gasteiger partial charge in [-0.3, -0.25) is 4.79 Å². The van der Waals surface area contributed by atoms with E-state index in [1.54, 1.807) is 42.5 Å². The third-order valence-electron chi connectivity index (χ3n) is 4.91. The number of carbonyl (C=O) groups is 1. The smallest absolute Gasteiger partial charge is 0.251 e. The summed E-state index contributed by atoms with van der Waals surface area (Å²) >= 11 is 7.28. The Morgan fingerprint density at radius 1 is 1.06 bits per heavy atom. The van der Waals surface area contributed by atoms with E-state index in [9.17, 15) is 18.7 Å². The van der Waals surface area contributed by atoms with Crippen molar-refractivity contribution in [3.63, 3.8) is 0 Å². The first-order valence-corrected chi connectivity index (χ1v) is 10.8. The highest BCUT2D eigenvalue weighted by Gasteiger charge is 2.20. The van der Waals surface area contributed by atoms with Gasteiger partial charge in [-0.25, -0.2) is 8.78 Å². The largest absolute Gasteiger partial charge is 0.394 e. The van der Waals surface area contributed by atoms with Crippen LogP contribution in [0.2, 0.25) is 5.02 Å². The highest BCUT2D eigenvalue weighted by molar-refractivity contribution is 7.19. The van der Waals surface area contributed by atoms with Gasteiger partial charge >= 0.3 is 0 Å². The fraction of sp³-hybridized carbons (Fsp3) is 0.125. The van der Waals surface area contributed by atoms with Crippen LogP contribution in [0.25, 0.3) is 10.1 Å². The molecule has 1 heterocycles. The van der Waals surface area contributed by atoms with Gasteiger partial charge < -0.3 is 10.4 Å². The molecule has 0 aliphatic rings. The van der Waals surface area contributed by atoms with Gasteiger partial charge in [-0.15, -0.1) is 11.3 Å². The molecule has 4 aromatic rings. The molecule has 158 valence electrons. The third kappa shape index (κ3) is 4.77. The van der Waals surface area contributed by atoms with Crippen LogP contribution in [0.3, 0.4) is 0 Å². The summed E-state index contributed by atoms with van der Waals surface area (Å²) in [6.07, 6.45) is 0.385. The van der Waals surface area contributed by atoms with Gasteiger partial charge in [0.15, 0.2) is 0 Å². The number of nitrogens with one attached hydrogen (secondary N) is 1. The van der Waals surface area contributed by atoms with E-state index >= 15 is 0 Å². The standard InChI is InChI=1S/C24H18ClF2NO2S/c25-16-8-14(9-17(26)11-16)10-18-12-20-21(27)7-6-19(23(20)31-18)22(13-29)28-24(30)15-4-2-1-3-5-15/h1-9,11-12,22,29H,10,13H2,(H,28,30). The van der Waals surface area contributed by atoms with E-state index < -0.39 is 17.7 Å². The molecule has 1 amide bonds. The van der Waals surface area contributed by atoms with Crippen LogP contribution in [0, 0.1) is 11.6 Å². The Morgan fingerprint density at radius 2 is 1.84 bits per heavy atom. The molecule has 2 N–H and O–H groups in total. The topological polar surface area (TPSA) is 49.3 Å². The summed E-state index contributed by atoms with van der Waals surface area (Å²) in [5, 5.41) is 13.5. The molecular formula is C24H18ClF2NO2S.